The summed E-state index contributed by atoms with van der Waals surface area (Å²) in [5.74, 6) is -0.578. The fourth-order valence-corrected chi connectivity index (χ4v) is 3.83. The summed E-state index contributed by atoms with van der Waals surface area (Å²) in [5, 5.41) is 0. The zero-order chi connectivity index (χ0) is 17.6. The first-order valence-corrected chi connectivity index (χ1v) is 9.17. The van der Waals surface area contributed by atoms with Crippen LogP contribution in [-0.4, -0.2) is 24.3 Å². The van der Waals surface area contributed by atoms with Crippen molar-refractivity contribution in [2.24, 2.45) is 0 Å². The van der Waals surface area contributed by atoms with Gasteiger partial charge in [0.05, 0.1) is 6.61 Å². The molecule has 1 aliphatic carbocycles. The van der Waals surface area contributed by atoms with E-state index < -0.39 is 5.79 Å². The Labute approximate surface area is 155 Å². The molecule has 25 heavy (non-hydrogen) atoms. The molecule has 0 aromatic heterocycles. The molecule has 0 bridgehead atoms. The Morgan fingerprint density at radius 2 is 1.88 bits per heavy atom. The van der Waals surface area contributed by atoms with Crippen LogP contribution in [0.5, 0.6) is 0 Å². The highest BCUT2D eigenvalue weighted by Gasteiger charge is 2.33. The monoisotopic (exact) mass is 398 g/mol. The third-order valence-corrected chi connectivity index (χ3v) is 5.13. The summed E-state index contributed by atoms with van der Waals surface area (Å²) in [4.78, 5) is 13.3. The number of rotatable bonds is 1. The fraction of sp³-hybridized carbons (Fsp3) is 0.286. The van der Waals surface area contributed by atoms with Gasteiger partial charge in [-0.3, -0.25) is 4.79 Å². The molecule has 0 spiro atoms. The van der Waals surface area contributed by atoms with E-state index in [0.29, 0.717) is 12.2 Å². The van der Waals surface area contributed by atoms with Gasteiger partial charge in [0.2, 0.25) is 0 Å². The van der Waals surface area contributed by atoms with Crippen LogP contribution in [0.4, 0.5) is 0 Å². The number of ether oxygens (including phenoxy) is 2. The zero-order valence-corrected chi connectivity index (χ0v) is 15.8. The largest absolute Gasteiger partial charge is 0.347 e. The van der Waals surface area contributed by atoms with Crippen LogP contribution in [0.1, 0.15) is 40.9 Å². The molecule has 4 heteroatoms. The molecule has 0 radical (unpaired) electrons. The Kier molecular flexibility index (Phi) is 4.14. The number of carbonyl (C=O) groups excluding carboxylic acids is 1. The molecule has 2 aromatic rings. The first-order chi connectivity index (χ1) is 11.9. The highest BCUT2D eigenvalue weighted by Crippen LogP contribution is 2.34. The molecular weight excluding hydrogens is 380 g/mol. The molecule has 1 aliphatic heterocycles. The van der Waals surface area contributed by atoms with Crippen molar-refractivity contribution in [2.75, 3.05) is 6.61 Å². The predicted molar refractivity (Wildman–Crippen MR) is 101 cm³/mol. The second kappa shape index (κ2) is 6.20. The lowest BCUT2D eigenvalue weighted by Gasteiger charge is -2.16. The Balaban J connectivity index is 1.85. The van der Waals surface area contributed by atoms with Gasteiger partial charge in [-0.15, -0.1) is 0 Å². The van der Waals surface area contributed by atoms with E-state index in [2.05, 4.69) is 22.0 Å². The normalized spacial score (nSPS) is 23.2. The standard InChI is InChI=1S/C21H19BrO3/c1-21(2)24-12-16(25-21)11-19-17-6-4-3-5-13(17)9-14-7-8-15(22)10-18(14)20(19)23/h3-8,10-11,16H,9,12H2,1-2H3. The number of halogens is 1. The van der Waals surface area contributed by atoms with E-state index in [1.165, 1.54) is 0 Å². The molecule has 1 heterocycles. The number of Topliss-reactive ketones (excluding diaryl/α,β-unsaturated/α-hetero) is 1. The predicted octanol–water partition coefficient (Wildman–Crippen LogP) is 4.77. The lowest BCUT2D eigenvalue weighted by atomic mass is 9.95. The summed E-state index contributed by atoms with van der Waals surface area (Å²) < 4.78 is 12.5. The number of hydrogen-bond donors (Lipinski definition) is 0. The van der Waals surface area contributed by atoms with Crippen molar-refractivity contribution in [3.8, 4) is 0 Å². The maximum absolute atomic E-state index is 13.3. The van der Waals surface area contributed by atoms with Gasteiger partial charge in [0.15, 0.2) is 11.6 Å². The first kappa shape index (κ1) is 16.7. The van der Waals surface area contributed by atoms with E-state index in [1.807, 2.05) is 56.3 Å². The number of fused-ring (bicyclic) bond motifs is 2. The molecule has 1 unspecified atom stereocenters. The van der Waals surface area contributed by atoms with Crippen LogP contribution in [0.15, 0.2) is 53.0 Å². The maximum Gasteiger partial charge on any atom is 0.193 e. The summed E-state index contributed by atoms with van der Waals surface area (Å²) in [7, 11) is 0. The molecule has 3 nitrogen and oxygen atoms in total. The molecular formula is C21H19BrO3. The summed E-state index contributed by atoms with van der Waals surface area (Å²) >= 11 is 3.49. The third-order valence-electron chi connectivity index (χ3n) is 4.63. The number of carbonyl (C=O) groups is 1. The van der Waals surface area contributed by atoms with Gasteiger partial charge in [0, 0.05) is 15.6 Å². The van der Waals surface area contributed by atoms with Crippen molar-refractivity contribution in [1.29, 1.82) is 0 Å². The SMILES string of the molecule is CC1(C)OCC(C=C2C(=O)c3cc(Br)ccc3Cc3ccccc32)O1. The molecule has 4 rings (SSSR count). The summed E-state index contributed by atoms with van der Waals surface area (Å²) in [6.07, 6.45) is 2.44. The lowest BCUT2D eigenvalue weighted by molar-refractivity contribution is -0.133. The van der Waals surface area contributed by atoms with Crippen molar-refractivity contribution >= 4 is 27.3 Å². The van der Waals surface area contributed by atoms with E-state index >= 15 is 0 Å². The second-order valence-electron chi connectivity index (χ2n) is 6.91. The van der Waals surface area contributed by atoms with Gasteiger partial charge in [0.1, 0.15) is 6.10 Å². The topological polar surface area (TPSA) is 35.5 Å². The molecule has 2 aromatic carbocycles. The average Bonchev–Trinajstić information content (AvgIpc) is 2.87. The number of allylic oxidation sites excluding steroid dienone is 1. The molecule has 1 atom stereocenters. The van der Waals surface area contributed by atoms with Crippen molar-refractivity contribution in [2.45, 2.75) is 32.2 Å². The summed E-state index contributed by atoms with van der Waals surface area (Å²) in [6.45, 7) is 4.23. The highest BCUT2D eigenvalue weighted by molar-refractivity contribution is 9.10. The zero-order valence-electron chi connectivity index (χ0n) is 14.2. The Morgan fingerprint density at radius 1 is 1.12 bits per heavy atom. The van der Waals surface area contributed by atoms with Crippen LogP contribution < -0.4 is 0 Å². The van der Waals surface area contributed by atoms with Crippen molar-refractivity contribution in [3.05, 3.63) is 75.3 Å². The number of hydrogen-bond acceptors (Lipinski definition) is 3. The van der Waals surface area contributed by atoms with Crippen LogP contribution in [0.3, 0.4) is 0 Å². The van der Waals surface area contributed by atoms with Gasteiger partial charge >= 0.3 is 0 Å². The number of ketones is 1. The summed E-state index contributed by atoms with van der Waals surface area (Å²) in [5.41, 5.74) is 4.62. The Hall–Kier alpha value is -1.75. The van der Waals surface area contributed by atoms with Crippen molar-refractivity contribution in [3.63, 3.8) is 0 Å². The van der Waals surface area contributed by atoms with E-state index in [1.54, 1.807) is 0 Å². The van der Waals surface area contributed by atoms with Gasteiger partial charge in [0.25, 0.3) is 0 Å². The van der Waals surface area contributed by atoms with Crippen LogP contribution in [0.2, 0.25) is 0 Å². The molecule has 2 aliphatic rings. The van der Waals surface area contributed by atoms with E-state index in [-0.39, 0.29) is 11.9 Å². The Morgan fingerprint density at radius 3 is 2.64 bits per heavy atom. The van der Waals surface area contributed by atoms with Crippen LogP contribution in [0, 0.1) is 0 Å². The van der Waals surface area contributed by atoms with Gasteiger partial charge in [-0.05, 0) is 55.2 Å². The van der Waals surface area contributed by atoms with Crippen LogP contribution >= 0.6 is 15.9 Å². The molecule has 0 saturated carbocycles. The van der Waals surface area contributed by atoms with Gasteiger partial charge in [-0.2, -0.15) is 0 Å². The maximum atomic E-state index is 13.3. The highest BCUT2D eigenvalue weighted by atomic mass is 79.9. The van der Waals surface area contributed by atoms with Crippen molar-refractivity contribution in [1.82, 2.24) is 0 Å². The quantitative estimate of drug-likeness (QED) is 0.648. The Bertz CT molecular complexity index is 882. The van der Waals surface area contributed by atoms with Crippen LogP contribution in [-0.2, 0) is 15.9 Å². The lowest BCUT2D eigenvalue weighted by Crippen LogP contribution is -2.21. The van der Waals surface area contributed by atoms with Gasteiger partial charge < -0.3 is 9.47 Å². The number of benzene rings is 2. The van der Waals surface area contributed by atoms with E-state index in [4.69, 9.17) is 9.47 Å². The van der Waals surface area contributed by atoms with Crippen LogP contribution in [0.25, 0.3) is 5.57 Å². The first-order valence-electron chi connectivity index (χ1n) is 8.38. The molecule has 1 fully saturated rings. The second-order valence-corrected chi connectivity index (χ2v) is 7.83. The minimum atomic E-state index is -0.615. The minimum absolute atomic E-state index is 0.0366. The minimum Gasteiger partial charge on any atom is -0.347 e. The van der Waals surface area contributed by atoms with Crippen molar-refractivity contribution < 1.29 is 14.3 Å². The average molecular weight is 399 g/mol. The third kappa shape index (κ3) is 3.22. The summed E-state index contributed by atoms with van der Waals surface area (Å²) in [6, 6.07) is 14.0. The van der Waals surface area contributed by atoms with E-state index in [0.717, 1.165) is 33.1 Å². The van der Waals surface area contributed by atoms with E-state index in [9.17, 15) is 4.79 Å². The molecule has 1 saturated heterocycles. The molecule has 128 valence electrons. The van der Waals surface area contributed by atoms with Gasteiger partial charge in [-0.25, -0.2) is 0 Å². The molecule has 0 N–H and O–H groups in total. The molecule has 0 amide bonds. The fourth-order valence-electron chi connectivity index (χ4n) is 3.47. The smallest absolute Gasteiger partial charge is 0.193 e. The van der Waals surface area contributed by atoms with Gasteiger partial charge in [-0.1, -0.05) is 46.3 Å².